The van der Waals surface area contributed by atoms with Crippen molar-refractivity contribution in [3.8, 4) is 0 Å². The van der Waals surface area contributed by atoms with Gasteiger partial charge in [0.15, 0.2) is 0 Å². The quantitative estimate of drug-likeness (QED) is 0.0880. The minimum atomic E-state index is -0.565. The molecule has 1 saturated carbocycles. The first kappa shape index (κ1) is 32.0. The summed E-state index contributed by atoms with van der Waals surface area (Å²) < 4.78 is 0. The molecule has 4 aromatic rings. The molecule has 1 N–H and O–H groups in total. The number of hydrogen-bond donors (Lipinski definition) is 1. The van der Waals surface area contributed by atoms with Gasteiger partial charge in [0, 0.05) is 78.9 Å². The molecule has 1 aliphatic carbocycles. The molecule has 2 heterocycles. The lowest BCUT2D eigenvalue weighted by atomic mass is 9.93. The van der Waals surface area contributed by atoms with E-state index in [9.17, 15) is 39.4 Å². The lowest BCUT2D eigenvalue weighted by molar-refractivity contribution is -0.384. The molecule has 14 heteroatoms. The highest BCUT2D eigenvalue weighted by Gasteiger charge is 2.36. The van der Waals surface area contributed by atoms with Crippen molar-refractivity contribution in [3.05, 3.63) is 103 Å². The van der Waals surface area contributed by atoms with Crippen molar-refractivity contribution in [3.63, 3.8) is 0 Å². The number of rotatable bonds is 14. The maximum atomic E-state index is 13.5. The predicted molar refractivity (Wildman–Crippen MR) is 179 cm³/mol. The van der Waals surface area contributed by atoms with Gasteiger partial charge in [-0.15, -0.1) is 0 Å². The molecule has 250 valence electrons. The molecule has 0 atom stereocenters. The Bertz CT molecular complexity index is 2090. The van der Waals surface area contributed by atoms with E-state index in [2.05, 4.69) is 10.2 Å². The number of hydrogen-bond acceptors (Lipinski definition) is 10. The van der Waals surface area contributed by atoms with Crippen LogP contribution in [0.3, 0.4) is 0 Å². The molecule has 0 spiro atoms. The van der Waals surface area contributed by atoms with E-state index < -0.39 is 33.5 Å². The van der Waals surface area contributed by atoms with Crippen molar-refractivity contribution >= 4 is 56.5 Å². The molecule has 1 fully saturated rings. The van der Waals surface area contributed by atoms with Gasteiger partial charge in [0.05, 0.1) is 21.0 Å². The molecule has 0 unspecified atom stereocenters. The highest BCUT2D eigenvalue weighted by atomic mass is 16.6. The first-order valence-corrected chi connectivity index (χ1v) is 16.2. The Morgan fingerprint density at radius 3 is 1.69 bits per heavy atom. The van der Waals surface area contributed by atoms with Crippen LogP contribution in [0.5, 0.6) is 0 Å². The van der Waals surface area contributed by atoms with Gasteiger partial charge in [0.25, 0.3) is 35.0 Å². The molecule has 0 saturated heterocycles. The average Bonchev–Trinajstić information content (AvgIpc) is 3.92. The van der Waals surface area contributed by atoms with Crippen molar-refractivity contribution in [2.24, 2.45) is 5.92 Å². The van der Waals surface area contributed by atoms with E-state index in [-0.39, 0.29) is 35.6 Å². The molecule has 2 aliphatic heterocycles. The van der Waals surface area contributed by atoms with Crippen LogP contribution in [0.4, 0.5) is 11.4 Å². The molecular formula is C35H32N6O8. The normalized spacial score (nSPS) is 15.6. The number of carbonyl (C=O) groups is 4. The van der Waals surface area contributed by atoms with E-state index in [4.69, 9.17) is 0 Å². The Morgan fingerprint density at radius 2 is 1.18 bits per heavy atom. The first-order valence-electron chi connectivity index (χ1n) is 16.2. The average molecular weight is 665 g/mol. The Labute approximate surface area is 279 Å². The van der Waals surface area contributed by atoms with Gasteiger partial charge in [-0.1, -0.05) is 24.3 Å². The number of benzene rings is 4. The van der Waals surface area contributed by atoms with Gasteiger partial charge >= 0.3 is 0 Å². The number of nitrogens with zero attached hydrogens (tertiary/aromatic N) is 5. The molecule has 7 rings (SSSR count). The van der Waals surface area contributed by atoms with Crippen LogP contribution in [0.2, 0.25) is 0 Å². The molecule has 4 amide bonds. The van der Waals surface area contributed by atoms with Crippen LogP contribution in [0.25, 0.3) is 21.5 Å². The summed E-state index contributed by atoms with van der Waals surface area (Å²) in [6.07, 6.45) is 2.96. The van der Waals surface area contributed by atoms with Crippen LogP contribution in [0.1, 0.15) is 60.7 Å². The van der Waals surface area contributed by atoms with Gasteiger partial charge in [0.2, 0.25) is 0 Å². The van der Waals surface area contributed by atoms with Gasteiger partial charge in [0.1, 0.15) is 0 Å². The molecule has 49 heavy (non-hydrogen) atoms. The summed E-state index contributed by atoms with van der Waals surface area (Å²) in [5, 5.41) is 28.1. The molecule has 14 nitrogen and oxygen atoms in total. The summed E-state index contributed by atoms with van der Waals surface area (Å²) in [4.78, 5) is 79.8. The number of imide groups is 2. The van der Waals surface area contributed by atoms with E-state index in [1.54, 1.807) is 36.4 Å². The highest BCUT2D eigenvalue weighted by Crippen LogP contribution is 2.35. The zero-order valence-electron chi connectivity index (χ0n) is 26.4. The summed E-state index contributed by atoms with van der Waals surface area (Å²) in [5.74, 6) is -1.41. The van der Waals surface area contributed by atoms with E-state index in [1.807, 2.05) is 0 Å². The lowest BCUT2D eigenvalue weighted by Gasteiger charge is -2.30. The Kier molecular flexibility index (Phi) is 8.34. The number of non-ortho nitro benzene ring substituents is 2. The van der Waals surface area contributed by atoms with Gasteiger partial charge in [-0.25, -0.2) is 0 Å². The van der Waals surface area contributed by atoms with Crippen molar-refractivity contribution < 1.29 is 29.0 Å². The fourth-order valence-corrected chi connectivity index (χ4v) is 6.85. The zero-order chi connectivity index (χ0) is 34.4. The molecule has 0 aromatic heterocycles. The Balaban J connectivity index is 0.948. The molecular weight excluding hydrogens is 632 g/mol. The third-order valence-corrected chi connectivity index (χ3v) is 9.44. The number of nitrogens with one attached hydrogen (secondary N) is 1. The van der Waals surface area contributed by atoms with Crippen LogP contribution >= 0.6 is 0 Å². The standard InChI is InChI=1S/C35H32N6O8/c42-32-26-6-1-4-22-16-24(40(46)47)18-28(30(22)26)34(44)38(32)13-11-36-10-3-12-37(20-21-8-9-21)14-15-39-33(43)27-7-2-5-23-17-25(41(48)49)19-29(31(23)27)35(39)45/h1-2,4-7,16-19,21,36H,3,8-15,20H2. The Hall–Kier alpha value is -5.60. The SMILES string of the molecule is O=C1c2cccc3cc([N+](=O)[O-])cc(c23)C(=O)N1CCNCCCN(CCN1C(=O)c2cccc3cc([N+](=O)[O-])cc(c23)C1=O)CC1CC1. The molecule has 0 bridgehead atoms. The van der Waals surface area contributed by atoms with Crippen molar-refractivity contribution in [2.75, 3.05) is 45.8 Å². The van der Waals surface area contributed by atoms with Crippen LogP contribution < -0.4 is 5.32 Å². The van der Waals surface area contributed by atoms with E-state index in [0.717, 1.165) is 30.7 Å². The predicted octanol–water partition coefficient (Wildman–Crippen LogP) is 4.39. The van der Waals surface area contributed by atoms with E-state index in [0.29, 0.717) is 64.8 Å². The number of nitro benzene ring substituents is 2. The second-order valence-corrected chi connectivity index (χ2v) is 12.7. The van der Waals surface area contributed by atoms with Crippen molar-refractivity contribution in [1.29, 1.82) is 0 Å². The number of carbonyl (C=O) groups excluding carboxylic acids is 4. The lowest BCUT2D eigenvalue weighted by Crippen LogP contribution is -2.45. The second-order valence-electron chi connectivity index (χ2n) is 12.7. The topological polar surface area (TPSA) is 176 Å². The monoisotopic (exact) mass is 664 g/mol. The molecule has 0 radical (unpaired) electrons. The maximum Gasteiger partial charge on any atom is 0.270 e. The summed E-state index contributed by atoms with van der Waals surface area (Å²) in [5.41, 5.74) is 0.563. The van der Waals surface area contributed by atoms with Crippen LogP contribution in [-0.4, -0.2) is 94.0 Å². The highest BCUT2D eigenvalue weighted by molar-refractivity contribution is 6.26. The first-order chi connectivity index (χ1) is 23.6. The minimum Gasteiger partial charge on any atom is -0.315 e. The minimum absolute atomic E-state index is 0.0908. The van der Waals surface area contributed by atoms with Gasteiger partial charge in [-0.05, 0) is 61.2 Å². The van der Waals surface area contributed by atoms with Gasteiger partial charge in [-0.3, -0.25) is 49.2 Å². The molecule has 4 aromatic carbocycles. The fraction of sp³-hybridized carbons (Fsp3) is 0.314. The van der Waals surface area contributed by atoms with Gasteiger partial charge < -0.3 is 10.2 Å². The fourth-order valence-electron chi connectivity index (χ4n) is 6.85. The number of amides is 4. The van der Waals surface area contributed by atoms with Crippen LogP contribution in [-0.2, 0) is 0 Å². The van der Waals surface area contributed by atoms with E-state index in [1.165, 1.54) is 29.2 Å². The maximum absolute atomic E-state index is 13.5. The zero-order valence-corrected chi connectivity index (χ0v) is 26.4. The van der Waals surface area contributed by atoms with Gasteiger partial charge in [-0.2, -0.15) is 0 Å². The summed E-state index contributed by atoms with van der Waals surface area (Å²) >= 11 is 0. The summed E-state index contributed by atoms with van der Waals surface area (Å²) in [6, 6.07) is 15.1. The number of nitro groups is 2. The molecule has 3 aliphatic rings. The third-order valence-electron chi connectivity index (χ3n) is 9.44. The van der Waals surface area contributed by atoms with E-state index >= 15 is 0 Å². The van der Waals surface area contributed by atoms with Crippen LogP contribution in [0, 0.1) is 26.1 Å². The van der Waals surface area contributed by atoms with Crippen molar-refractivity contribution in [2.45, 2.75) is 19.3 Å². The smallest absolute Gasteiger partial charge is 0.270 e. The largest absolute Gasteiger partial charge is 0.315 e. The second kappa shape index (κ2) is 12.8. The Morgan fingerprint density at radius 1 is 0.673 bits per heavy atom. The summed E-state index contributed by atoms with van der Waals surface area (Å²) in [7, 11) is 0. The van der Waals surface area contributed by atoms with Crippen LogP contribution in [0.15, 0.2) is 60.7 Å². The third kappa shape index (κ3) is 6.00. The van der Waals surface area contributed by atoms with Crippen molar-refractivity contribution in [1.82, 2.24) is 20.0 Å². The summed E-state index contributed by atoms with van der Waals surface area (Å²) in [6.45, 7) is 3.08.